The van der Waals surface area contributed by atoms with Gasteiger partial charge in [0.25, 0.3) is 0 Å². The Balaban J connectivity index is 2.07. The number of carboxylic acids is 1. The van der Waals surface area contributed by atoms with Crippen LogP contribution in [0.25, 0.3) is 11.1 Å². The predicted octanol–water partition coefficient (Wildman–Crippen LogP) is 3.54. The zero-order valence-corrected chi connectivity index (χ0v) is 15.0. The van der Waals surface area contributed by atoms with Crippen LogP contribution < -0.4 is 5.43 Å². The molecule has 1 aromatic carbocycles. The van der Waals surface area contributed by atoms with Crippen LogP contribution in [0.3, 0.4) is 0 Å². The van der Waals surface area contributed by atoms with Crippen molar-refractivity contribution in [3.05, 3.63) is 56.7 Å². The molecule has 132 valence electrons. The molecule has 1 aliphatic heterocycles. The van der Waals surface area contributed by atoms with E-state index in [-0.39, 0.29) is 16.7 Å². The van der Waals surface area contributed by atoms with Crippen LogP contribution in [0.5, 0.6) is 0 Å². The van der Waals surface area contributed by atoms with Crippen molar-refractivity contribution in [2.24, 2.45) is 5.92 Å². The normalized spacial score (nSPS) is 15.3. The maximum absolute atomic E-state index is 14.3. The van der Waals surface area contributed by atoms with Gasteiger partial charge >= 0.3 is 5.97 Å². The van der Waals surface area contributed by atoms with Gasteiger partial charge in [0.15, 0.2) is 0 Å². The smallest absolute Gasteiger partial charge is 0.341 e. The summed E-state index contributed by atoms with van der Waals surface area (Å²) in [6.45, 7) is 1.91. The Hall–Kier alpha value is -1.99. The summed E-state index contributed by atoms with van der Waals surface area (Å²) in [5.74, 6) is -1.56. The van der Waals surface area contributed by atoms with E-state index in [4.69, 9.17) is 4.74 Å². The molecule has 7 heteroatoms. The Morgan fingerprint density at radius 1 is 1.28 bits per heavy atom. The second kappa shape index (κ2) is 7.49. The van der Waals surface area contributed by atoms with Gasteiger partial charge < -0.3 is 14.4 Å². The van der Waals surface area contributed by atoms with Crippen molar-refractivity contribution in [2.45, 2.75) is 19.4 Å². The van der Waals surface area contributed by atoms with E-state index < -0.39 is 17.2 Å². The second-order valence-electron chi connectivity index (χ2n) is 6.10. The molecule has 0 radical (unpaired) electrons. The number of carboxylic acid groups (broad SMARTS) is 1. The molecular formula is C18H17BrFNO4. The molecule has 0 amide bonds. The third-order valence-electron chi connectivity index (χ3n) is 4.34. The first-order valence-electron chi connectivity index (χ1n) is 7.96. The highest BCUT2D eigenvalue weighted by atomic mass is 79.9. The molecule has 1 N–H and O–H groups in total. The fourth-order valence-electron chi connectivity index (χ4n) is 3.02. The molecule has 2 aromatic rings. The lowest BCUT2D eigenvalue weighted by molar-refractivity contribution is 0.0609. The van der Waals surface area contributed by atoms with Crippen LogP contribution in [0.1, 0.15) is 23.2 Å². The molecular weight excluding hydrogens is 393 g/mol. The number of carbonyl (C=O) groups is 1. The van der Waals surface area contributed by atoms with E-state index in [2.05, 4.69) is 15.9 Å². The molecule has 0 unspecified atom stereocenters. The van der Waals surface area contributed by atoms with Gasteiger partial charge in [0.2, 0.25) is 5.43 Å². The largest absolute Gasteiger partial charge is 0.477 e. The number of halogens is 2. The maximum atomic E-state index is 14.3. The quantitative estimate of drug-likeness (QED) is 0.838. The molecule has 0 spiro atoms. The van der Waals surface area contributed by atoms with E-state index in [1.165, 1.54) is 24.5 Å². The van der Waals surface area contributed by atoms with Gasteiger partial charge in [-0.25, -0.2) is 9.18 Å². The van der Waals surface area contributed by atoms with Gasteiger partial charge in [-0.2, -0.15) is 0 Å². The molecule has 1 fully saturated rings. The first-order chi connectivity index (χ1) is 12.0. The fraction of sp³-hybridized carbons (Fsp3) is 0.333. The van der Waals surface area contributed by atoms with Crippen LogP contribution in [0.15, 0.2) is 39.9 Å². The van der Waals surface area contributed by atoms with Crippen LogP contribution >= 0.6 is 15.9 Å². The minimum atomic E-state index is -1.31. The number of benzene rings is 1. The monoisotopic (exact) mass is 409 g/mol. The minimum absolute atomic E-state index is 0.0527. The summed E-state index contributed by atoms with van der Waals surface area (Å²) in [5.41, 5.74) is -0.891. The summed E-state index contributed by atoms with van der Waals surface area (Å²) >= 11 is 3.18. The van der Waals surface area contributed by atoms with Gasteiger partial charge in [0.05, 0.1) is 0 Å². The number of hydrogen-bond acceptors (Lipinski definition) is 3. The minimum Gasteiger partial charge on any atom is -0.477 e. The van der Waals surface area contributed by atoms with Crippen molar-refractivity contribution in [3.63, 3.8) is 0 Å². The van der Waals surface area contributed by atoms with Crippen molar-refractivity contribution >= 4 is 21.9 Å². The van der Waals surface area contributed by atoms with Gasteiger partial charge in [-0.1, -0.05) is 22.0 Å². The Kier molecular flexibility index (Phi) is 5.34. The first-order valence-corrected chi connectivity index (χ1v) is 8.75. The molecule has 3 rings (SSSR count). The number of nitrogens with zero attached hydrogens (tertiary/aromatic N) is 1. The van der Waals surface area contributed by atoms with E-state index in [9.17, 15) is 19.1 Å². The van der Waals surface area contributed by atoms with E-state index >= 15 is 0 Å². The van der Waals surface area contributed by atoms with E-state index in [0.717, 1.165) is 12.8 Å². The second-order valence-corrected chi connectivity index (χ2v) is 7.01. The maximum Gasteiger partial charge on any atom is 0.341 e. The first kappa shape index (κ1) is 17.8. The summed E-state index contributed by atoms with van der Waals surface area (Å²) in [6.07, 6.45) is 4.62. The predicted molar refractivity (Wildman–Crippen MR) is 94.3 cm³/mol. The van der Waals surface area contributed by atoms with Gasteiger partial charge in [-0.3, -0.25) is 4.79 Å². The number of aromatic nitrogens is 1. The molecule has 0 bridgehead atoms. The average molecular weight is 410 g/mol. The van der Waals surface area contributed by atoms with Crippen molar-refractivity contribution < 1.29 is 19.0 Å². The highest BCUT2D eigenvalue weighted by molar-refractivity contribution is 9.10. The molecule has 25 heavy (non-hydrogen) atoms. The van der Waals surface area contributed by atoms with Crippen LogP contribution in [0, 0.1) is 11.7 Å². The molecule has 0 saturated carbocycles. The third kappa shape index (κ3) is 3.99. The topological polar surface area (TPSA) is 68.5 Å². The standard InChI is InChI=1S/C18H17BrFNO4/c19-12-1-2-13(16(20)7-12)14-9-21(8-11-3-5-25-6-4-11)10-15(17(14)22)18(23)24/h1-2,7,9-11H,3-6,8H2,(H,23,24). The highest BCUT2D eigenvalue weighted by Crippen LogP contribution is 2.24. The van der Waals surface area contributed by atoms with Crippen molar-refractivity contribution in [1.82, 2.24) is 4.57 Å². The molecule has 1 saturated heterocycles. The van der Waals surface area contributed by atoms with E-state index in [1.807, 2.05) is 0 Å². The number of hydrogen-bond donors (Lipinski definition) is 1. The van der Waals surface area contributed by atoms with Crippen LogP contribution in [-0.4, -0.2) is 28.9 Å². The Labute approximate surface area is 152 Å². The number of ether oxygens (including phenoxy) is 1. The third-order valence-corrected chi connectivity index (χ3v) is 4.83. The number of rotatable bonds is 4. The fourth-order valence-corrected chi connectivity index (χ4v) is 3.35. The molecule has 2 heterocycles. The SMILES string of the molecule is O=C(O)c1cn(CC2CCOCC2)cc(-c2ccc(Br)cc2F)c1=O. The lowest BCUT2D eigenvalue weighted by Gasteiger charge is -2.23. The van der Waals surface area contributed by atoms with Gasteiger partial charge in [0, 0.05) is 47.8 Å². The number of aromatic carboxylic acids is 1. The average Bonchev–Trinajstić information content (AvgIpc) is 2.57. The summed E-state index contributed by atoms with van der Waals surface area (Å²) in [4.78, 5) is 24.0. The van der Waals surface area contributed by atoms with E-state index in [1.54, 1.807) is 10.6 Å². The zero-order chi connectivity index (χ0) is 18.0. The summed E-state index contributed by atoms with van der Waals surface area (Å²) in [6, 6.07) is 4.35. The van der Waals surface area contributed by atoms with Crippen LogP contribution in [0.4, 0.5) is 4.39 Å². The Morgan fingerprint density at radius 2 is 2.00 bits per heavy atom. The van der Waals surface area contributed by atoms with Crippen LogP contribution in [-0.2, 0) is 11.3 Å². The zero-order valence-electron chi connectivity index (χ0n) is 13.4. The van der Waals surface area contributed by atoms with Gasteiger partial charge in [-0.05, 0) is 30.9 Å². The van der Waals surface area contributed by atoms with E-state index in [0.29, 0.717) is 30.1 Å². The highest BCUT2D eigenvalue weighted by Gasteiger charge is 2.20. The van der Waals surface area contributed by atoms with Crippen LogP contribution in [0.2, 0.25) is 0 Å². The molecule has 0 aliphatic carbocycles. The number of pyridine rings is 1. The molecule has 5 nitrogen and oxygen atoms in total. The molecule has 0 atom stereocenters. The molecule has 1 aromatic heterocycles. The Bertz CT molecular complexity index is 859. The summed E-state index contributed by atoms with van der Waals surface area (Å²) in [7, 11) is 0. The van der Waals surface area contributed by atoms with Gasteiger partial charge in [-0.15, -0.1) is 0 Å². The van der Waals surface area contributed by atoms with Crippen molar-refractivity contribution in [1.29, 1.82) is 0 Å². The lowest BCUT2D eigenvalue weighted by Crippen LogP contribution is -2.24. The van der Waals surface area contributed by atoms with Crippen molar-refractivity contribution in [3.8, 4) is 11.1 Å². The summed E-state index contributed by atoms with van der Waals surface area (Å²) < 4.78 is 21.9. The Morgan fingerprint density at radius 3 is 2.64 bits per heavy atom. The molecule has 1 aliphatic rings. The summed E-state index contributed by atoms with van der Waals surface area (Å²) in [5, 5.41) is 9.35. The lowest BCUT2D eigenvalue weighted by atomic mass is 9.99. The van der Waals surface area contributed by atoms with Crippen molar-refractivity contribution in [2.75, 3.05) is 13.2 Å². The van der Waals surface area contributed by atoms with Gasteiger partial charge in [0.1, 0.15) is 11.4 Å².